The highest BCUT2D eigenvalue weighted by molar-refractivity contribution is 6.74. The molecule has 0 aliphatic heterocycles. The highest BCUT2D eigenvalue weighted by Crippen LogP contribution is 2.36. The van der Waals surface area contributed by atoms with Crippen molar-refractivity contribution in [2.24, 2.45) is 0 Å². The zero-order valence-corrected chi connectivity index (χ0v) is 23.6. The van der Waals surface area contributed by atoms with Crippen LogP contribution in [0.15, 0.2) is 60.9 Å². The molecule has 11 heteroatoms. The van der Waals surface area contributed by atoms with E-state index < -0.39 is 20.1 Å². The number of hydrogen-bond acceptors (Lipinski definition) is 7. The second-order valence-electron chi connectivity index (χ2n) is 10.2. The van der Waals surface area contributed by atoms with E-state index in [9.17, 15) is 9.59 Å². The van der Waals surface area contributed by atoms with Gasteiger partial charge < -0.3 is 15.1 Å². The molecule has 2 aromatic carbocycles. The van der Waals surface area contributed by atoms with Crippen LogP contribution in [0, 0.1) is 17.9 Å². The molecule has 1 aromatic heterocycles. The Hall–Kier alpha value is -4.58. The Labute approximate surface area is 229 Å². The van der Waals surface area contributed by atoms with Crippen molar-refractivity contribution in [1.29, 1.82) is 5.26 Å². The summed E-state index contributed by atoms with van der Waals surface area (Å²) in [4.78, 5) is 37.5. The molecule has 0 saturated heterocycles. The summed E-state index contributed by atoms with van der Waals surface area (Å²) in [6.07, 6.45) is 2.66. The van der Waals surface area contributed by atoms with Gasteiger partial charge in [0.05, 0.1) is 18.2 Å². The molecule has 0 atom stereocenters. The second kappa shape index (κ2) is 12.3. The fourth-order valence-electron chi connectivity index (χ4n) is 3.24. The van der Waals surface area contributed by atoms with Crippen LogP contribution in [0.25, 0.3) is 4.95 Å². The van der Waals surface area contributed by atoms with E-state index in [1.54, 1.807) is 48.5 Å². The van der Waals surface area contributed by atoms with E-state index in [4.69, 9.17) is 16.3 Å². The Balaban J connectivity index is 1.65. The van der Waals surface area contributed by atoms with Gasteiger partial charge in [0.15, 0.2) is 19.7 Å². The van der Waals surface area contributed by atoms with Crippen LogP contribution < -0.4 is 15.6 Å². The van der Waals surface area contributed by atoms with Gasteiger partial charge in [-0.2, -0.15) is 16.8 Å². The SMILES string of the molecule is [C-]#[N+]N(CCO[Si](C)(C)C(C)(C)C)c1ccc(NC(=O)c2nccnc2C(=O)Nc2ccc(C#N)cc2)cc1. The summed E-state index contributed by atoms with van der Waals surface area (Å²) in [5.41, 5.74) is 1.76. The van der Waals surface area contributed by atoms with Crippen LogP contribution in [-0.2, 0) is 4.43 Å². The Bertz CT molecular complexity index is 1400. The summed E-state index contributed by atoms with van der Waals surface area (Å²) < 4.78 is 6.19. The molecule has 0 aliphatic rings. The van der Waals surface area contributed by atoms with Crippen molar-refractivity contribution in [1.82, 2.24) is 9.97 Å². The van der Waals surface area contributed by atoms with Crippen LogP contribution in [0.4, 0.5) is 17.1 Å². The molecule has 2 amide bonds. The van der Waals surface area contributed by atoms with E-state index in [1.165, 1.54) is 17.4 Å². The molecule has 1 heterocycles. The van der Waals surface area contributed by atoms with E-state index in [0.717, 1.165) is 0 Å². The molecule has 39 heavy (non-hydrogen) atoms. The Morgan fingerprint density at radius 2 is 1.46 bits per heavy atom. The normalized spacial score (nSPS) is 11.2. The molecule has 0 fully saturated rings. The largest absolute Gasteiger partial charge is 0.415 e. The van der Waals surface area contributed by atoms with Crippen molar-refractivity contribution in [3.05, 3.63) is 89.4 Å². The van der Waals surface area contributed by atoms with Crippen molar-refractivity contribution in [3.63, 3.8) is 0 Å². The number of nitriles is 1. The molecule has 0 aliphatic carbocycles. The number of hydrogen-bond donors (Lipinski definition) is 2. The van der Waals surface area contributed by atoms with Crippen LogP contribution in [0.3, 0.4) is 0 Å². The quantitative estimate of drug-likeness (QED) is 0.208. The fourth-order valence-corrected chi connectivity index (χ4v) is 4.27. The van der Waals surface area contributed by atoms with Gasteiger partial charge in [0.1, 0.15) is 12.2 Å². The van der Waals surface area contributed by atoms with Crippen LogP contribution in [0.1, 0.15) is 47.3 Å². The van der Waals surface area contributed by atoms with Crippen molar-refractivity contribution < 1.29 is 14.0 Å². The monoisotopic (exact) mass is 541 g/mol. The van der Waals surface area contributed by atoms with Gasteiger partial charge in [-0.15, -0.1) is 0 Å². The zero-order valence-electron chi connectivity index (χ0n) is 22.6. The van der Waals surface area contributed by atoms with Gasteiger partial charge in [0, 0.05) is 23.8 Å². The second-order valence-corrected chi connectivity index (χ2v) is 15.0. The van der Waals surface area contributed by atoms with Crippen molar-refractivity contribution in [2.45, 2.75) is 38.9 Å². The number of carbonyl (C=O) groups is 2. The average molecular weight is 542 g/mol. The number of nitrogens with zero attached hydrogens (tertiary/aromatic N) is 5. The number of carbonyl (C=O) groups excluding carboxylic acids is 2. The third kappa shape index (κ3) is 7.48. The van der Waals surface area contributed by atoms with Crippen molar-refractivity contribution in [2.75, 3.05) is 28.8 Å². The molecule has 2 N–H and O–H groups in total. The molecule has 0 bridgehead atoms. The van der Waals surface area contributed by atoms with E-state index in [0.29, 0.717) is 35.8 Å². The van der Waals surface area contributed by atoms with Crippen molar-refractivity contribution >= 4 is 37.2 Å². The summed E-state index contributed by atoms with van der Waals surface area (Å²) >= 11 is 0. The topological polar surface area (TPSA) is 125 Å². The van der Waals surface area contributed by atoms with Gasteiger partial charge in [-0.25, -0.2) is 9.97 Å². The van der Waals surface area contributed by atoms with Crippen LogP contribution >= 0.6 is 0 Å². The number of amides is 2. The van der Waals surface area contributed by atoms with Crippen LogP contribution in [0.2, 0.25) is 18.1 Å². The lowest BCUT2D eigenvalue weighted by molar-refractivity contribution is 0.0983. The first kappa shape index (κ1) is 29.0. The summed E-state index contributed by atoms with van der Waals surface area (Å²) in [7, 11) is -1.91. The predicted octanol–water partition coefficient (Wildman–Crippen LogP) is 5.52. The Morgan fingerprint density at radius 1 is 0.974 bits per heavy atom. The zero-order chi connectivity index (χ0) is 28.6. The standard InChI is InChI=1S/C28H31N7O3Si/c1-28(2,3)39(5,6)38-18-17-35(30-4)23-13-11-22(12-14-23)34-27(37)25-24(31-15-16-32-25)26(36)33-21-9-7-20(19-29)8-10-21/h7-16H,17-18H2,1-3,5-6H3,(H,33,36)(H,34,37). The number of rotatable bonds is 9. The number of aromatic nitrogens is 2. The minimum Gasteiger partial charge on any atom is -0.415 e. The van der Waals surface area contributed by atoms with Crippen LogP contribution in [0.5, 0.6) is 0 Å². The minimum atomic E-state index is -1.91. The molecule has 10 nitrogen and oxygen atoms in total. The molecule has 3 aromatic rings. The highest BCUT2D eigenvalue weighted by Gasteiger charge is 2.37. The fraction of sp³-hybridized carbons (Fsp3) is 0.286. The number of nitrogens with one attached hydrogen (secondary N) is 2. The Kier molecular flexibility index (Phi) is 9.15. The van der Waals surface area contributed by atoms with Gasteiger partial charge in [0.25, 0.3) is 11.8 Å². The Morgan fingerprint density at radius 3 is 1.90 bits per heavy atom. The first-order valence-corrected chi connectivity index (χ1v) is 15.2. The lowest BCUT2D eigenvalue weighted by Gasteiger charge is -2.36. The smallest absolute Gasteiger partial charge is 0.276 e. The van der Waals surface area contributed by atoms with Crippen molar-refractivity contribution in [3.8, 4) is 6.07 Å². The number of anilines is 3. The first-order chi connectivity index (χ1) is 18.4. The molecule has 3 rings (SSSR count). The summed E-state index contributed by atoms with van der Waals surface area (Å²) in [6, 6.07) is 15.1. The minimum absolute atomic E-state index is 0.0864. The molecule has 0 spiro atoms. The van der Waals surface area contributed by atoms with Gasteiger partial charge in [-0.3, -0.25) is 9.59 Å². The van der Waals surface area contributed by atoms with E-state index in [-0.39, 0.29) is 16.4 Å². The highest BCUT2D eigenvalue weighted by atomic mass is 28.4. The average Bonchev–Trinajstić information content (AvgIpc) is 2.91. The van der Waals surface area contributed by atoms with Gasteiger partial charge >= 0.3 is 0 Å². The maximum atomic E-state index is 13.0. The molecule has 0 unspecified atom stereocenters. The molecule has 200 valence electrons. The van der Waals surface area contributed by atoms with Gasteiger partial charge in [-0.05, 0) is 66.7 Å². The van der Waals surface area contributed by atoms with Gasteiger partial charge in [0.2, 0.25) is 0 Å². The van der Waals surface area contributed by atoms with E-state index >= 15 is 0 Å². The lowest BCUT2D eigenvalue weighted by Crippen LogP contribution is -2.42. The van der Waals surface area contributed by atoms with Crippen LogP contribution in [-0.4, -0.2) is 43.3 Å². The van der Waals surface area contributed by atoms with E-state index in [1.807, 2.05) is 6.07 Å². The summed E-state index contributed by atoms with van der Waals surface area (Å²) in [5, 5.41) is 15.9. The maximum absolute atomic E-state index is 13.0. The van der Waals surface area contributed by atoms with E-state index in [2.05, 4.69) is 59.4 Å². The molecule has 0 radical (unpaired) electrons. The summed E-state index contributed by atoms with van der Waals surface area (Å²) in [6.45, 7) is 19.3. The number of benzene rings is 2. The van der Waals surface area contributed by atoms with Gasteiger partial charge in [-0.1, -0.05) is 25.8 Å². The summed E-state index contributed by atoms with van der Waals surface area (Å²) in [5.74, 6) is -1.22. The molecule has 0 saturated carbocycles. The lowest BCUT2D eigenvalue weighted by atomic mass is 10.2. The third-order valence-electron chi connectivity index (χ3n) is 6.52. The predicted molar refractivity (Wildman–Crippen MR) is 153 cm³/mol. The maximum Gasteiger partial charge on any atom is 0.276 e. The third-order valence-corrected chi connectivity index (χ3v) is 11.1. The first-order valence-electron chi connectivity index (χ1n) is 12.3. The molecular weight excluding hydrogens is 510 g/mol. The molecular formula is C28H31N7O3Si.